The fourth-order valence-corrected chi connectivity index (χ4v) is 3.76. The number of rotatable bonds is 3. The van der Waals surface area contributed by atoms with E-state index in [4.69, 9.17) is 0 Å². The third-order valence-corrected chi connectivity index (χ3v) is 5.15. The van der Waals surface area contributed by atoms with Crippen molar-refractivity contribution in [3.05, 3.63) is 81.4 Å². The molecule has 3 heterocycles. The zero-order valence-electron chi connectivity index (χ0n) is 15.5. The summed E-state index contributed by atoms with van der Waals surface area (Å²) < 4.78 is 27.7. The maximum atomic E-state index is 13.9. The van der Waals surface area contributed by atoms with Gasteiger partial charge in [-0.2, -0.15) is 5.10 Å². The highest BCUT2D eigenvalue weighted by molar-refractivity contribution is 6.12. The summed E-state index contributed by atoms with van der Waals surface area (Å²) in [4.78, 5) is 26.6. The quantitative estimate of drug-likeness (QED) is 0.419. The molecule has 2 aromatic heterocycles. The van der Waals surface area contributed by atoms with E-state index in [9.17, 15) is 18.4 Å². The molecular weight excluding hydrogens is 392 g/mol. The number of carbonyl (C=O) groups excluding carboxylic acids is 1. The van der Waals surface area contributed by atoms with Crippen molar-refractivity contribution < 1.29 is 13.6 Å². The summed E-state index contributed by atoms with van der Waals surface area (Å²) in [6.45, 7) is 1.17. The summed E-state index contributed by atoms with van der Waals surface area (Å²) in [6.07, 6.45) is 2.90. The van der Waals surface area contributed by atoms with Gasteiger partial charge in [0.2, 0.25) is 0 Å². The number of pyridine rings is 1. The number of halogens is 2. The van der Waals surface area contributed by atoms with Crippen LogP contribution in [-0.2, 0) is 13.1 Å². The molecule has 4 N–H and O–H groups in total. The molecule has 150 valence electrons. The van der Waals surface area contributed by atoms with Crippen LogP contribution >= 0.6 is 0 Å². The minimum absolute atomic E-state index is 0.147. The number of amides is 1. The smallest absolute Gasteiger partial charge is 0.283 e. The van der Waals surface area contributed by atoms with Gasteiger partial charge in [0.15, 0.2) is 5.82 Å². The lowest BCUT2D eigenvalue weighted by Gasteiger charge is -2.13. The molecular formula is C21H15F2N5O2. The van der Waals surface area contributed by atoms with Gasteiger partial charge in [-0.15, -0.1) is 0 Å². The first kappa shape index (κ1) is 18.2. The first-order chi connectivity index (χ1) is 14.5. The zero-order valence-corrected chi connectivity index (χ0v) is 15.5. The fourth-order valence-electron chi connectivity index (χ4n) is 3.76. The maximum absolute atomic E-state index is 13.9. The lowest BCUT2D eigenvalue weighted by atomic mass is 9.97. The molecule has 1 aliphatic rings. The molecule has 0 bridgehead atoms. The molecule has 30 heavy (non-hydrogen) atoms. The van der Waals surface area contributed by atoms with Crippen molar-refractivity contribution in [1.82, 2.24) is 20.5 Å². The van der Waals surface area contributed by atoms with Gasteiger partial charge in [-0.25, -0.2) is 8.78 Å². The fraction of sp³-hybridized carbons (Fsp3) is 0.0952. The van der Waals surface area contributed by atoms with Crippen molar-refractivity contribution in [3.63, 3.8) is 0 Å². The molecule has 0 spiro atoms. The molecule has 0 atom stereocenters. The third-order valence-electron chi connectivity index (χ3n) is 5.15. The second kappa shape index (κ2) is 6.89. The van der Waals surface area contributed by atoms with E-state index in [0.717, 1.165) is 17.2 Å². The van der Waals surface area contributed by atoms with Gasteiger partial charge in [0, 0.05) is 35.9 Å². The van der Waals surface area contributed by atoms with Crippen molar-refractivity contribution in [2.24, 2.45) is 0 Å². The van der Waals surface area contributed by atoms with Gasteiger partial charge in [0.25, 0.3) is 11.5 Å². The monoisotopic (exact) mass is 407 g/mol. The van der Waals surface area contributed by atoms with E-state index in [1.165, 1.54) is 24.5 Å². The van der Waals surface area contributed by atoms with Crippen LogP contribution in [0.25, 0.3) is 22.0 Å². The average molecular weight is 407 g/mol. The minimum atomic E-state index is -0.885. The Morgan fingerprint density at radius 2 is 1.97 bits per heavy atom. The van der Waals surface area contributed by atoms with E-state index in [2.05, 4.69) is 25.8 Å². The lowest BCUT2D eigenvalue weighted by molar-refractivity contribution is 0.102. The normalized spacial score (nSPS) is 12.9. The average Bonchev–Trinajstić information content (AvgIpc) is 3.37. The highest BCUT2D eigenvalue weighted by Gasteiger charge is 2.20. The number of hydrogen-bond acceptors (Lipinski definition) is 4. The molecule has 7 nitrogen and oxygen atoms in total. The van der Waals surface area contributed by atoms with Gasteiger partial charge in [-0.1, -0.05) is 0 Å². The Labute approximate surface area is 168 Å². The summed E-state index contributed by atoms with van der Waals surface area (Å²) in [7, 11) is 0. The van der Waals surface area contributed by atoms with Crippen LogP contribution in [0.15, 0.2) is 47.5 Å². The van der Waals surface area contributed by atoms with E-state index < -0.39 is 23.1 Å². The topological polar surface area (TPSA) is 103 Å². The van der Waals surface area contributed by atoms with E-state index in [-0.39, 0.29) is 5.56 Å². The summed E-state index contributed by atoms with van der Waals surface area (Å²) in [5.41, 5.74) is 3.33. The van der Waals surface area contributed by atoms with Crippen molar-refractivity contribution in [1.29, 1.82) is 0 Å². The molecule has 4 aromatic rings. The molecule has 0 radical (unpaired) electrons. The van der Waals surface area contributed by atoms with E-state index in [1.54, 1.807) is 6.07 Å². The van der Waals surface area contributed by atoms with Gasteiger partial charge < -0.3 is 15.6 Å². The number of aromatic amines is 2. The van der Waals surface area contributed by atoms with Crippen LogP contribution in [0.1, 0.15) is 21.5 Å². The number of carbonyl (C=O) groups is 1. The molecule has 0 saturated heterocycles. The predicted octanol–water partition coefficient (Wildman–Crippen LogP) is 3.05. The second-order valence-electron chi connectivity index (χ2n) is 7.07. The van der Waals surface area contributed by atoms with Crippen LogP contribution < -0.4 is 16.2 Å². The van der Waals surface area contributed by atoms with Gasteiger partial charge in [-0.05, 0) is 47.0 Å². The Bertz CT molecular complexity index is 1380. The van der Waals surface area contributed by atoms with Crippen LogP contribution in [0.5, 0.6) is 0 Å². The van der Waals surface area contributed by atoms with Crippen molar-refractivity contribution in [2.75, 3.05) is 5.32 Å². The van der Waals surface area contributed by atoms with E-state index in [1.807, 2.05) is 6.07 Å². The van der Waals surface area contributed by atoms with Gasteiger partial charge >= 0.3 is 0 Å². The Kier molecular flexibility index (Phi) is 4.18. The summed E-state index contributed by atoms with van der Waals surface area (Å²) in [6, 6.07) is 7.12. The highest BCUT2D eigenvalue weighted by atomic mass is 19.1. The number of H-pyrrole nitrogens is 2. The summed E-state index contributed by atoms with van der Waals surface area (Å²) in [5, 5.41) is 13.0. The standard InChI is InChI=1S/C21H15F2N5O2/c22-12-3-15(17-9-26-28-19(17)4-12)20(29)27-13-1-10-6-24-8-16(10)14(5-13)11-2-18(23)21(30)25-7-11/h1-5,7,9,24H,6,8H2,(H,25,30)(H,26,28)(H,27,29). The summed E-state index contributed by atoms with van der Waals surface area (Å²) in [5.74, 6) is -1.94. The van der Waals surface area contributed by atoms with E-state index in [0.29, 0.717) is 40.8 Å². The van der Waals surface area contributed by atoms with Gasteiger partial charge in [-0.3, -0.25) is 14.7 Å². The largest absolute Gasteiger partial charge is 0.326 e. The maximum Gasteiger partial charge on any atom is 0.283 e. The van der Waals surface area contributed by atoms with Crippen LogP contribution in [0.4, 0.5) is 14.5 Å². The van der Waals surface area contributed by atoms with Crippen molar-refractivity contribution in [2.45, 2.75) is 13.1 Å². The zero-order chi connectivity index (χ0) is 20.8. The molecule has 0 aliphatic carbocycles. The number of hydrogen-bond donors (Lipinski definition) is 4. The number of benzene rings is 2. The van der Waals surface area contributed by atoms with Crippen LogP contribution in [-0.4, -0.2) is 21.1 Å². The molecule has 0 unspecified atom stereocenters. The lowest BCUT2D eigenvalue weighted by Crippen LogP contribution is -2.13. The summed E-state index contributed by atoms with van der Waals surface area (Å²) >= 11 is 0. The molecule has 9 heteroatoms. The molecule has 2 aromatic carbocycles. The Morgan fingerprint density at radius 1 is 1.10 bits per heavy atom. The molecule has 0 saturated carbocycles. The number of nitrogens with zero attached hydrogens (tertiary/aromatic N) is 1. The predicted molar refractivity (Wildman–Crippen MR) is 107 cm³/mol. The Morgan fingerprint density at radius 3 is 2.80 bits per heavy atom. The number of aromatic nitrogens is 3. The first-order valence-electron chi connectivity index (χ1n) is 9.19. The van der Waals surface area contributed by atoms with Gasteiger partial charge in [0.05, 0.1) is 17.3 Å². The number of fused-ring (bicyclic) bond motifs is 2. The number of nitrogens with one attached hydrogen (secondary N) is 4. The molecule has 5 rings (SSSR count). The number of anilines is 1. The second-order valence-corrected chi connectivity index (χ2v) is 7.07. The van der Waals surface area contributed by atoms with Crippen molar-refractivity contribution >= 4 is 22.5 Å². The van der Waals surface area contributed by atoms with Crippen LogP contribution in [0.3, 0.4) is 0 Å². The Balaban J connectivity index is 1.56. The molecule has 1 amide bonds. The first-order valence-corrected chi connectivity index (χ1v) is 9.19. The SMILES string of the molecule is O=C(Nc1cc2c(c(-c3c[nH]c(=O)c(F)c3)c1)CNC2)c1cc(F)cc2[nH]ncc12. The Hall–Kier alpha value is -3.85. The third kappa shape index (κ3) is 3.05. The highest BCUT2D eigenvalue weighted by Crippen LogP contribution is 2.33. The minimum Gasteiger partial charge on any atom is -0.326 e. The molecule has 0 fully saturated rings. The van der Waals surface area contributed by atoms with Crippen LogP contribution in [0.2, 0.25) is 0 Å². The van der Waals surface area contributed by atoms with Gasteiger partial charge in [0.1, 0.15) is 5.82 Å². The van der Waals surface area contributed by atoms with Crippen molar-refractivity contribution in [3.8, 4) is 11.1 Å². The van der Waals surface area contributed by atoms with E-state index >= 15 is 0 Å². The molecule has 1 aliphatic heterocycles. The van der Waals surface area contributed by atoms with Crippen LogP contribution in [0, 0.1) is 11.6 Å².